The molecule has 1 unspecified atom stereocenters. The number of allylic oxidation sites excluding steroid dienone is 1. The van der Waals surface area contributed by atoms with Crippen LogP contribution in [0.4, 0.5) is 0 Å². The lowest BCUT2D eigenvalue weighted by Crippen LogP contribution is -2.08. The molecule has 0 N–H and O–H groups in total. The van der Waals surface area contributed by atoms with Gasteiger partial charge in [-0.1, -0.05) is 58.1 Å². The van der Waals surface area contributed by atoms with Gasteiger partial charge >= 0.3 is 0 Å². The van der Waals surface area contributed by atoms with Gasteiger partial charge in [0.15, 0.2) is 0 Å². The van der Waals surface area contributed by atoms with E-state index in [9.17, 15) is 0 Å². The van der Waals surface area contributed by atoms with E-state index in [0.717, 1.165) is 23.4 Å². The fraction of sp³-hybridized carbons (Fsp3) is 0.875. The Morgan fingerprint density at radius 3 is 2.06 bits per heavy atom. The van der Waals surface area contributed by atoms with Gasteiger partial charge in [-0.15, -0.1) is 0 Å². The number of halogens is 1. The number of hydrogen-bond acceptors (Lipinski definition) is 1. The van der Waals surface area contributed by atoms with Crippen molar-refractivity contribution in [3.63, 3.8) is 0 Å². The van der Waals surface area contributed by atoms with Gasteiger partial charge in [-0.25, -0.2) is 0 Å². The van der Waals surface area contributed by atoms with Crippen LogP contribution in [0.3, 0.4) is 0 Å². The van der Waals surface area contributed by atoms with Crippen molar-refractivity contribution < 1.29 is 0 Å². The Hall–Kier alpha value is -0.170. The van der Waals surface area contributed by atoms with Crippen LogP contribution in [0.2, 0.25) is 0 Å². The number of nitrogens with zero attached hydrogens (tertiary/aromatic N) is 1. The predicted octanol–water partition coefficient (Wildman–Crippen LogP) is 5.65. The lowest BCUT2D eigenvalue weighted by Gasteiger charge is -2.15. The highest BCUT2D eigenvalue weighted by molar-refractivity contribution is 6.29. The van der Waals surface area contributed by atoms with Gasteiger partial charge in [-0.3, -0.25) is 0 Å². The van der Waals surface area contributed by atoms with Gasteiger partial charge in [0.25, 0.3) is 0 Å². The quantitative estimate of drug-likeness (QED) is 0.491. The van der Waals surface area contributed by atoms with Crippen LogP contribution in [-0.4, -0.2) is 19.0 Å². The summed E-state index contributed by atoms with van der Waals surface area (Å²) in [7, 11) is 4.00. The zero-order valence-electron chi connectivity index (χ0n) is 13.2. The lowest BCUT2D eigenvalue weighted by atomic mass is 9.95. The molecule has 0 spiro atoms. The van der Waals surface area contributed by atoms with Crippen molar-refractivity contribution in [2.45, 2.75) is 66.2 Å². The van der Waals surface area contributed by atoms with E-state index < -0.39 is 0 Å². The third-order valence-electron chi connectivity index (χ3n) is 3.47. The van der Waals surface area contributed by atoms with E-state index in [4.69, 9.17) is 11.6 Å². The highest BCUT2D eigenvalue weighted by atomic mass is 35.5. The summed E-state index contributed by atoms with van der Waals surface area (Å²) in [5, 5.41) is 0.905. The van der Waals surface area contributed by atoms with Crippen molar-refractivity contribution in [1.82, 2.24) is 4.90 Å². The molecule has 0 aliphatic heterocycles. The van der Waals surface area contributed by atoms with Crippen molar-refractivity contribution in [3.05, 3.63) is 10.7 Å². The molecule has 1 atom stereocenters. The topological polar surface area (TPSA) is 3.24 Å². The molecule has 1 nitrogen and oxygen atoms in total. The van der Waals surface area contributed by atoms with Crippen LogP contribution in [-0.2, 0) is 0 Å². The average molecular weight is 274 g/mol. The zero-order valence-corrected chi connectivity index (χ0v) is 14.0. The Labute approximate surface area is 120 Å². The van der Waals surface area contributed by atoms with Gasteiger partial charge in [0.2, 0.25) is 0 Å². The molecular weight excluding hydrogens is 242 g/mol. The van der Waals surface area contributed by atoms with Crippen LogP contribution in [0.25, 0.3) is 0 Å². The zero-order chi connectivity index (χ0) is 14.1. The second kappa shape index (κ2) is 9.72. The average Bonchev–Trinajstić information content (AvgIpc) is 2.27. The van der Waals surface area contributed by atoms with Crippen LogP contribution in [0.1, 0.15) is 66.2 Å². The van der Waals surface area contributed by atoms with E-state index in [1.807, 2.05) is 19.0 Å². The van der Waals surface area contributed by atoms with E-state index in [1.54, 1.807) is 0 Å². The molecule has 0 aromatic heterocycles. The van der Waals surface area contributed by atoms with Gasteiger partial charge in [0, 0.05) is 14.1 Å². The first-order chi connectivity index (χ1) is 8.34. The Balaban J connectivity index is 3.74. The normalized spacial score (nSPS) is 14.7. The van der Waals surface area contributed by atoms with Crippen LogP contribution in [0.5, 0.6) is 0 Å². The summed E-state index contributed by atoms with van der Waals surface area (Å²) in [6.45, 7) is 9.14. The summed E-state index contributed by atoms with van der Waals surface area (Å²) in [5.41, 5.74) is 1.32. The molecule has 0 saturated heterocycles. The predicted molar refractivity (Wildman–Crippen MR) is 83.9 cm³/mol. The molecule has 108 valence electrons. The van der Waals surface area contributed by atoms with E-state index >= 15 is 0 Å². The highest BCUT2D eigenvalue weighted by Crippen LogP contribution is 2.21. The molecule has 0 aliphatic rings. The smallest absolute Gasteiger partial charge is 0.103 e. The van der Waals surface area contributed by atoms with Gasteiger partial charge in [-0.2, -0.15) is 0 Å². The minimum Gasteiger partial charge on any atom is -0.369 e. The molecule has 18 heavy (non-hydrogen) atoms. The van der Waals surface area contributed by atoms with E-state index in [1.165, 1.54) is 37.7 Å². The maximum atomic E-state index is 6.21. The van der Waals surface area contributed by atoms with E-state index in [2.05, 4.69) is 27.7 Å². The minimum absolute atomic E-state index is 0.848. The van der Waals surface area contributed by atoms with Crippen molar-refractivity contribution in [1.29, 1.82) is 0 Å². The Kier molecular flexibility index (Phi) is 9.63. The molecule has 0 aliphatic carbocycles. The molecule has 0 aromatic carbocycles. The molecule has 0 aromatic rings. The van der Waals surface area contributed by atoms with Crippen LogP contribution in [0.15, 0.2) is 10.7 Å². The lowest BCUT2D eigenvalue weighted by molar-refractivity contribution is 0.426. The van der Waals surface area contributed by atoms with Gasteiger partial charge in [0.05, 0.1) is 0 Å². The number of rotatable bonds is 9. The van der Waals surface area contributed by atoms with Crippen molar-refractivity contribution in [2.75, 3.05) is 14.1 Å². The fourth-order valence-electron chi connectivity index (χ4n) is 2.22. The Bertz CT molecular complexity index is 243. The number of hydrogen-bond donors (Lipinski definition) is 0. The molecular formula is C16H32ClN. The van der Waals surface area contributed by atoms with Gasteiger partial charge in [0.1, 0.15) is 5.16 Å². The standard InChI is InChI=1S/C16H32ClN/c1-13(2)9-7-10-14(3)11-8-12-15(4)16(17)18(5)6/h13-14H,7-12H2,1-6H3. The molecule has 0 amide bonds. The molecule has 0 radical (unpaired) electrons. The highest BCUT2D eigenvalue weighted by Gasteiger charge is 2.05. The molecule has 2 heteroatoms. The molecule has 0 fully saturated rings. The largest absolute Gasteiger partial charge is 0.369 e. The summed E-state index contributed by atoms with van der Waals surface area (Å²) in [6, 6.07) is 0. The van der Waals surface area contributed by atoms with Crippen molar-refractivity contribution in [3.8, 4) is 0 Å². The summed E-state index contributed by atoms with van der Waals surface area (Å²) < 4.78 is 0. The van der Waals surface area contributed by atoms with E-state index in [0.29, 0.717) is 0 Å². The SMILES string of the molecule is CC(CCCC(C)CCCC(C)C)=C(Cl)N(C)C. The third-order valence-corrected chi connectivity index (χ3v) is 4.13. The second-order valence-electron chi connectivity index (χ2n) is 6.29. The van der Waals surface area contributed by atoms with Crippen molar-refractivity contribution >= 4 is 11.6 Å². The fourth-order valence-corrected chi connectivity index (χ4v) is 2.31. The van der Waals surface area contributed by atoms with Crippen LogP contribution >= 0.6 is 11.6 Å². The summed E-state index contributed by atoms with van der Waals surface area (Å²) in [5.74, 6) is 1.70. The second-order valence-corrected chi connectivity index (χ2v) is 6.65. The first-order valence-electron chi connectivity index (χ1n) is 7.37. The van der Waals surface area contributed by atoms with Gasteiger partial charge in [-0.05, 0) is 37.2 Å². The maximum absolute atomic E-state index is 6.21. The molecule has 0 bridgehead atoms. The Morgan fingerprint density at radius 1 is 1.00 bits per heavy atom. The maximum Gasteiger partial charge on any atom is 0.103 e. The first kappa shape index (κ1) is 17.8. The summed E-state index contributed by atoms with van der Waals surface area (Å²) in [6.07, 6.45) is 7.85. The molecule has 0 rings (SSSR count). The summed E-state index contributed by atoms with van der Waals surface area (Å²) in [4.78, 5) is 1.99. The Morgan fingerprint density at radius 2 is 1.56 bits per heavy atom. The minimum atomic E-state index is 0.848. The van der Waals surface area contributed by atoms with Crippen LogP contribution in [0, 0.1) is 11.8 Å². The third kappa shape index (κ3) is 8.85. The van der Waals surface area contributed by atoms with Crippen molar-refractivity contribution in [2.24, 2.45) is 11.8 Å². The monoisotopic (exact) mass is 273 g/mol. The molecule has 0 heterocycles. The summed E-state index contributed by atoms with van der Waals surface area (Å²) >= 11 is 6.21. The molecule has 0 saturated carbocycles. The first-order valence-corrected chi connectivity index (χ1v) is 7.75. The van der Waals surface area contributed by atoms with Gasteiger partial charge < -0.3 is 4.90 Å². The van der Waals surface area contributed by atoms with Crippen LogP contribution < -0.4 is 0 Å². The van der Waals surface area contributed by atoms with E-state index in [-0.39, 0.29) is 0 Å².